The number of rotatable bonds is 21. The minimum Gasteiger partial charge on any atom is -0.391 e. The number of aliphatic hydroxyl groups is 1. The van der Waals surface area contributed by atoms with Crippen LogP contribution in [0.1, 0.15) is 85.8 Å². The van der Waals surface area contributed by atoms with Gasteiger partial charge in [0.2, 0.25) is 17.7 Å². The van der Waals surface area contributed by atoms with Crippen molar-refractivity contribution < 1.29 is 29.1 Å². The number of primary amides is 1. The molecule has 0 saturated heterocycles. The molecule has 57 heavy (non-hydrogen) atoms. The van der Waals surface area contributed by atoms with Crippen LogP contribution in [0, 0.1) is 5.92 Å². The summed E-state index contributed by atoms with van der Waals surface area (Å²) in [4.78, 5) is 75.0. The van der Waals surface area contributed by atoms with Crippen LogP contribution in [0.15, 0.2) is 77.9 Å². The average Bonchev–Trinajstić information content (AvgIpc) is 3.74. The third-order valence-corrected chi connectivity index (χ3v) is 11.3. The van der Waals surface area contributed by atoms with E-state index in [1.165, 1.54) is 17.5 Å². The molecule has 1 saturated carbocycles. The number of ketones is 1. The van der Waals surface area contributed by atoms with E-state index in [0.29, 0.717) is 18.5 Å². The number of aromatic nitrogens is 2. The number of fused-ring (bicyclic) bond motifs is 1. The summed E-state index contributed by atoms with van der Waals surface area (Å²) >= 11 is 1.35. The van der Waals surface area contributed by atoms with Gasteiger partial charge in [0.15, 0.2) is 5.78 Å². The summed E-state index contributed by atoms with van der Waals surface area (Å²) in [6, 6.07) is 12.0. The lowest BCUT2D eigenvalue weighted by molar-refractivity contribution is -0.131. The zero-order valence-corrected chi connectivity index (χ0v) is 32.9. The fraction of sp³-hybridized carbons (Fsp3) is 0.452. The first kappa shape index (κ1) is 43.0. The van der Waals surface area contributed by atoms with Crippen molar-refractivity contribution in [3.8, 4) is 0 Å². The second kappa shape index (κ2) is 21.4. The Kier molecular flexibility index (Phi) is 16.2. The van der Waals surface area contributed by atoms with Gasteiger partial charge in [-0.1, -0.05) is 74.6 Å². The monoisotopic (exact) mass is 798 g/mol. The van der Waals surface area contributed by atoms with Gasteiger partial charge < -0.3 is 38.3 Å². The second-order valence-electron chi connectivity index (χ2n) is 15.0. The van der Waals surface area contributed by atoms with Crippen molar-refractivity contribution >= 4 is 51.5 Å². The average molecular weight is 799 g/mol. The third-order valence-electron chi connectivity index (χ3n) is 10.7. The molecule has 1 aliphatic rings. The fourth-order valence-electron chi connectivity index (χ4n) is 7.41. The summed E-state index contributed by atoms with van der Waals surface area (Å²) in [5.41, 5.74) is 20.5. The van der Waals surface area contributed by atoms with Crippen LogP contribution in [-0.2, 0) is 32.0 Å². The van der Waals surface area contributed by atoms with Crippen molar-refractivity contribution in [1.29, 1.82) is 0 Å². The molecule has 0 aliphatic heterocycles. The first-order chi connectivity index (χ1) is 27.5. The zero-order valence-electron chi connectivity index (χ0n) is 32.1. The maximum Gasteiger partial charge on any atom is 0.253 e. The van der Waals surface area contributed by atoms with Crippen molar-refractivity contribution in [2.45, 2.75) is 113 Å². The Morgan fingerprint density at radius 2 is 1.56 bits per heavy atom. The standard InChI is InChI=1S/C42H54N8O6S/c43-32(16-7-17-33(44)39(45)53)37(51)22-38(52)34(19-26-9-2-1-3-10-26)48-42(56)36(21-30-24-57-25-47-30)50-41(55)35(49-40(54)29-14-8-18-46-23-29)20-28-13-6-12-27-11-4-5-15-31(27)28/h4-6,8,11-15,18,23-26,32-36,38,52H,1-3,7,9-10,16-17,19-22,43-44H2,(H2,45,53)(H,48,56)(H,49,54)(H,50,55)/t32?,33-,34?,35-,36-,38?/m0/s1. The van der Waals surface area contributed by atoms with Crippen molar-refractivity contribution in [3.63, 3.8) is 0 Å². The molecule has 5 rings (SSSR count). The molecule has 4 amide bonds. The number of hydrogen-bond acceptors (Lipinski definition) is 11. The van der Waals surface area contributed by atoms with Crippen LogP contribution in [0.25, 0.3) is 10.8 Å². The minimum absolute atomic E-state index is 0.0438. The largest absolute Gasteiger partial charge is 0.391 e. The van der Waals surface area contributed by atoms with E-state index in [0.717, 1.165) is 48.4 Å². The van der Waals surface area contributed by atoms with E-state index in [2.05, 4.69) is 25.9 Å². The number of carbonyl (C=O) groups is 5. The number of nitrogens with zero attached hydrogens (tertiary/aromatic N) is 2. The molecule has 2 aromatic heterocycles. The van der Waals surface area contributed by atoms with E-state index in [4.69, 9.17) is 17.2 Å². The first-order valence-electron chi connectivity index (χ1n) is 19.6. The quantitative estimate of drug-likeness (QED) is 0.0650. The molecule has 6 atom stereocenters. The Hall–Kier alpha value is -5.09. The molecule has 1 fully saturated rings. The first-order valence-corrected chi connectivity index (χ1v) is 20.6. The Labute approximate surface area is 336 Å². The van der Waals surface area contributed by atoms with Gasteiger partial charge in [-0.2, -0.15) is 0 Å². The van der Waals surface area contributed by atoms with Crippen LogP contribution >= 0.6 is 11.3 Å². The summed E-state index contributed by atoms with van der Waals surface area (Å²) in [5.74, 6) is -2.44. The van der Waals surface area contributed by atoms with Crippen LogP contribution in [-0.4, -0.2) is 80.8 Å². The highest BCUT2D eigenvalue weighted by atomic mass is 32.1. The van der Waals surface area contributed by atoms with E-state index >= 15 is 0 Å². The summed E-state index contributed by atoms with van der Waals surface area (Å²) in [6.07, 6.45) is 7.99. The zero-order chi connectivity index (χ0) is 40.7. The van der Waals surface area contributed by atoms with Gasteiger partial charge in [0.25, 0.3) is 5.91 Å². The molecule has 2 aromatic carbocycles. The molecule has 15 heteroatoms. The van der Waals surface area contributed by atoms with Crippen LogP contribution in [0.4, 0.5) is 0 Å². The van der Waals surface area contributed by atoms with Crippen LogP contribution in [0.2, 0.25) is 0 Å². The molecule has 3 unspecified atom stereocenters. The normalized spacial score (nSPS) is 16.4. The van der Waals surface area contributed by atoms with Gasteiger partial charge in [-0.15, -0.1) is 11.3 Å². The van der Waals surface area contributed by atoms with Gasteiger partial charge in [-0.25, -0.2) is 4.98 Å². The smallest absolute Gasteiger partial charge is 0.253 e. The predicted octanol–water partition coefficient (Wildman–Crippen LogP) is 2.85. The maximum absolute atomic E-state index is 14.3. The molecule has 0 bridgehead atoms. The number of thiazole rings is 1. The number of pyridine rings is 1. The van der Waals surface area contributed by atoms with Crippen molar-refractivity contribution in [3.05, 3.63) is 94.7 Å². The number of nitrogens with one attached hydrogen (secondary N) is 3. The van der Waals surface area contributed by atoms with Crippen molar-refractivity contribution in [2.75, 3.05) is 0 Å². The highest BCUT2D eigenvalue weighted by molar-refractivity contribution is 7.07. The van der Waals surface area contributed by atoms with Gasteiger partial charge >= 0.3 is 0 Å². The third kappa shape index (κ3) is 13.0. The number of amides is 4. The van der Waals surface area contributed by atoms with E-state index in [1.54, 1.807) is 29.2 Å². The lowest BCUT2D eigenvalue weighted by Gasteiger charge is -2.32. The van der Waals surface area contributed by atoms with Crippen molar-refractivity contribution in [2.24, 2.45) is 23.1 Å². The van der Waals surface area contributed by atoms with Crippen LogP contribution in [0.3, 0.4) is 0 Å². The summed E-state index contributed by atoms with van der Waals surface area (Å²) in [5, 5.41) is 24.0. The second-order valence-corrected chi connectivity index (χ2v) is 15.7. The molecule has 1 aliphatic carbocycles. The lowest BCUT2D eigenvalue weighted by atomic mass is 9.82. The molecule has 2 heterocycles. The molecular weight excluding hydrogens is 745 g/mol. The number of nitrogens with two attached hydrogens (primary N) is 3. The van der Waals surface area contributed by atoms with Crippen LogP contribution in [0.5, 0.6) is 0 Å². The van der Waals surface area contributed by atoms with Gasteiger partial charge in [0.1, 0.15) is 12.1 Å². The SMILES string of the molecule is NC(=O)[C@@H](N)CCCC(N)C(=O)CC(O)C(CC1CCCCC1)NC(=O)[C@H](Cc1cscn1)NC(=O)[C@H](Cc1cccc2ccccc12)NC(=O)c1cccnc1. The molecule has 0 spiro atoms. The summed E-state index contributed by atoms with van der Waals surface area (Å²) in [7, 11) is 0. The molecule has 0 radical (unpaired) electrons. The van der Waals surface area contributed by atoms with Gasteiger partial charge in [-0.05, 0) is 60.1 Å². The van der Waals surface area contributed by atoms with Crippen molar-refractivity contribution in [1.82, 2.24) is 25.9 Å². The van der Waals surface area contributed by atoms with Gasteiger partial charge in [0, 0.05) is 37.0 Å². The predicted molar refractivity (Wildman–Crippen MR) is 219 cm³/mol. The minimum atomic E-state index is -1.25. The highest BCUT2D eigenvalue weighted by Gasteiger charge is 2.33. The molecule has 4 aromatic rings. The topological polar surface area (TPSA) is 246 Å². The Bertz CT molecular complexity index is 1940. The van der Waals surface area contributed by atoms with Crippen LogP contribution < -0.4 is 33.2 Å². The Morgan fingerprint density at radius 1 is 0.842 bits per heavy atom. The Morgan fingerprint density at radius 3 is 2.28 bits per heavy atom. The number of aliphatic hydroxyl groups excluding tert-OH is 1. The fourth-order valence-corrected chi connectivity index (χ4v) is 7.98. The number of benzene rings is 2. The molecular formula is C42H54N8O6S. The molecule has 304 valence electrons. The van der Waals surface area contributed by atoms with E-state index in [9.17, 15) is 29.1 Å². The van der Waals surface area contributed by atoms with Gasteiger partial charge in [-0.3, -0.25) is 29.0 Å². The highest BCUT2D eigenvalue weighted by Crippen LogP contribution is 2.29. The maximum atomic E-state index is 14.3. The lowest BCUT2D eigenvalue weighted by Crippen LogP contribution is -2.57. The van der Waals surface area contributed by atoms with E-state index in [-0.39, 0.29) is 49.4 Å². The molecule has 14 nitrogen and oxygen atoms in total. The van der Waals surface area contributed by atoms with Gasteiger partial charge in [0.05, 0.1) is 41.0 Å². The van der Waals surface area contributed by atoms with E-state index in [1.807, 2.05) is 42.5 Å². The summed E-state index contributed by atoms with van der Waals surface area (Å²) in [6.45, 7) is 0. The number of Topliss-reactive ketones (excluding diaryl/α,β-unsaturated/α-hetero) is 1. The molecule has 10 N–H and O–H groups in total. The summed E-state index contributed by atoms with van der Waals surface area (Å²) < 4.78 is 0. The number of carbonyl (C=O) groups excluding carboxylic acids is 5. The Balaban J connectivity index is 1.35. The number of hydrogen-bond donors (Lipinski definition) is 7. The van der Waals surface area contributed by atoms with E-state index < -0.39 is 59.9 Å².